The number of benzene rings is 1. The van der Waals surface area contributed by atoms with Crippen molar-refractivity contribution in [2.75, 3.05) is 0 Å². The zero-order chi connectivity index (χ0) is 9.26. The summed E-state index contributed by atoms with van der Waals surface area (Å²) in [7, 11) is 0. The van der Waals surface area contributed by atoms with Gasteiger partial charge in [0.2, 0.25) is 0 Å². The Bertz CT molecular complexity index is 405. The summed E-state index contributed by atoms with van der Waals surface area (Å²) in [4.78, 5) is 4.35. The van der Waals surface area contributed by atoms with Gasteiger partial charge >= 0.3 is 0 Å². The van der Waals surface area contributed by atoms with Gasteiger partial charge in [-0.3, -0.25) is 0 Å². The zero-order valence-electron chi connectivity index (χ0n) is 7.12. The molecule has 0 N–H and O–H groups in total. The van der Waals surface area contributed by atoms with Crippen molar-refractivity contribution in [2.24, 2.45) is 0 Å². The van der Waals surface area contributed by atoms with Crippen LogP contribution in [0.3, 0.4) is 0 Å². The van der Waals surface area contributed by atoms with E-state index in [0.29, 0.717) is 0 Å². The average Bonchev–Trinajstić information content (AvgIpc) is 2.53. The minimum absolute atomic E-state index is 0.910. The Morgan fingerprint density at radius 2 is 1.92 bits per heavy atom. The molecule has 1 aromatic carbocycles. The number of nitrogens with zero attached hydrogens (tertiary/aromatic N) is 1. The molecule has 0 aliphatic heterocycles. The van der Waals surface area contributed by atoms with E-state index >= 15 is 0 Å². The second-order valence-corrected chi connectivity index (χ2v) is 4.51. The molecule has 1 nitrogen and oxygen atoms in total. The standard InChI is InChI=1S/C10H8BrNS/c1-7-2-4-8(5-3-7)10-12-9(11)6-13-10/h2-6H,1H3. The van der Waals surface area contributed by atoms with Crippen molar-refractivity contribution in [1.29, 1.82) is 0 Å². The Morgan fingerprint density at radius 3 is 2.46 bits per heavy atom. The highest BCUT2D eigenvalue weighted by molar-refractivity contribution is 9.10. The van der Waals surface area contributed by atoms with Gasteiger partial charge in [0, 0.05) is 10.9 Å². The molecule has 0 aliphatic carbocycles. The lowest BCUT2D eigenvalue weighted by molar-refractivity contribution is 1.35. The largest absolute Gasteiger partial charge is 0.229 e. The molecule has 2 aromatic rings. The Balaban J connectivity index is 2.41. The van der Waals surface area contributed by atoms with Gasteiger partial charge in [0.15, 0.2) is 0 Å². The molecule has 0 amide bonds. The Hall–Kier alpha value is -0.670. The van der Waals surface area contributed by atoms with Crippen molar-refractivity contribution < 1.29 is 0 Å². The van der Waals surface area contributed by atoms with Gasteiger partial charge in [-0.25, -0.2) is 4.98 Å². The molecule has 0 bridgehead atoms. The number of hydrogen-bond acceptors (Lipinski definition) is 2. The molecule has 13 heavy (non-hydrogen) atoms. The van der Waals surface area contributed by atoms with Crippen LogP contribution in [-0.2, 0) is 0 Å². The molecule has 0 saturated carbocycles. The molecule has 0 spiro atoms. The third kappa shape index (κ3) is 1.98. The quantitative estimate of drug-likeness (QED) is 0.752. The molecule has 66 valence electrons. The fourth-order valence-electron chi connectivity index (χ4n) is 1.08. The highest BCUT2D eigenvalue weighted by Gasteiger charge is 2.01. The summed E-state index contributed by atoms with van der Waals surface area (Å²) in [5, 5.41) is 3.06. The zero-order valence-corrected chi connectivity index (χ0v) is 9.52. The van der Waals surface area contributed by atoms with Crippen LogP contribution in [0, 0.1) is 6.92 Å². The third-order valence-electron chi connectivity index (χ3n) is 1.77. The van der Waals surface area contributed by atoms with E-state index in [9.17, 15) is 0 Å². The minimum atomic E-state index is 0.910. The maximum absolute atomic E-state index is 4.35. The number of aromatic nitrogens is 1. The van der Waals surface area contributed by atoms with Crippen molar-refractivity contribution in [3.05, 3.63) is 39.8 Å². The van der Waals surface area contributed by atoms with E-state index in [1.54, 1.807) is 11.3 Å². The summed E-state index contributed by atoms with van der Waals surface area (Å²) in [5.74, 6) is 0. The third-order valence-corrected chi connectivity index (χ3v) is 3.38. The second kappa shape index (κ2) is 3.60. The van der Waals surface area contributed by atoms with Crippen molar-refractivity contribution in [2.45, 2.75) is 6.92 Å². The number of hydrogen-bond donors (Lipinski definition) is 0. The van der Waals surface area contributed by atoms with E-state index in [0.717, 1.165) is 9.61 Å². The minimum Gasteiger partial charge on any atom is -0.229 e. The monoisotopic (exact) mass is 253 g/mol. The van der Waals surface area contributed by atoms with Crippen molar-refractivity contribution in [3.8, 4) is 10.6 Å². The van der Waals surface area contributed by atoms with Crippen LogP contribution in [0.25, 0.3) is 10.6 Å². The van der Waals surface area contributed by atoms with E-state index in [1.807, 2.05) is 5.38 Å². The van der Waals surface area contributed by atoms with Gasteiger partial charge in [0.25, 0.3) is 0 Å². The molecule has 3 heteroatoms. The van der Waals surface area contributed by atoms with Crippen LogP contribution in [0.2, 0.25) is 0 Å². The lowest BCUT2D eigenvalue weighted by Crippen LogP contribution is -1.76. The van der Waals surface area contributed by atoms with E-state index in [1.165, 1.54) is 11.1 Å². The first-order valence-electron chi connectivity index (χ1n) is 3.94. The van der Waals surface area contributed by atoms with Gasteiger partial charge in [-0.2, -0.15) is 0 Å². The maximum Gasteiger partial charge on any atom is 0.124 e. The lowest BCUT2D eigenvalue weighted by Gasteiger charge is -1.95. The van der Waals surface area contributed by atoms with Crippen LogP contribution in [-0.4, -0.2) is 4.98 Å². The van der Waals surface area contributed by atoms with E-state index in [-0.39, 0.29) is 0 Å². The maximum atomic E-state index is 4.35. The predicted molar refractivity (Wildman–Crippen MR) is 60.0 cm³/mol. The summed E-state index contributed by atoms with van der Waals surface area (Å²) in [6.45, 7) is 2.08. The summed E-state index contributed by atoms with van der Waals surface area (Å²) in [6.07, 6.45) is 0. The van der Waals surface area contributed by atoms with E-state index < -0.39 is 0 Å². The SMILES string of the molecule is Cc1ccc(-c2nc(Br)cs2)cc1. The first-order valence-corrected chi connectivity index (χ1v) is 5.61. The Labute approximate surface area is 89.6 Å². The molecular weight excluding hydrogens is 246 g/mol. The molecule has 1 heterocycles. The molecule has 1 aromatic heterocycles. The van der Waals surface area contributed by atoms with Gasteiger partial charge in [0.05, 0.1) is 0 Å². The molecule has 0 atom stereocenters. The first kappa shape index (κ1) is 8.91. The summed E-state index contributed by atoms with van der Waals surface area (Å²) < 4.78 is 0.910. The van der Waals surface area contributed by atoms with Crippen molar-refractivity contribution in [1.82, 2.24) is 4.98 Å². The Morgan fingerprint density at radius 1 is 1.23 bits per heavy atom. The number of thiazole rings is 1. The molecular formula is C10H8BrNS. The first-order chi connectivity index (χ1) is 6.25. The highest BCUT2D eigenvalue weighted by atomic mass is 79.9. The van der Waals surface area contributed by atoms with Crippen LogP contribution in [0.15, 0.2) is 34.2 Å². The smallest absolute Gasteiger partial charge is 0.124 e. The summed E-state index contributed by atoms with van der Waals surface area (Å²) in [5.41, 5.74) is 2.46. The van der Waals surface area contributed by atoms with Gasteiger partial charge in [0.1, 0.15) is 9.61 Å². The van der Waals surface area contributed by atoms with Crippen LogP contribution in [0.5, 0.6) is 0 Å². The molecule has 0 unspecified atom stereocenters. The topological polar surface area (TPSA) is 12.9 Å². The van der Waals surface area contributed by atoms with Crippen LogP contribution in [0.1, 0.15) is 5.56 Å². The van der Waals surface area contributed by atoms with Crippen LogP contribution < -0.4 is 0 Å². The normalized spacial score (nSPS) is 10.3. The van der Waals surface area contributed by atoms with Crippen molar-refractivity contribution in [3.63, 3.8) is 0 Å². The van der Waals surface area contributed by atoms with Gasteiger partial charge in [-0.05, 0) is 22.9 Å². The molecule has 0 saturated heterocycles. The number of rotatable bonds is 1. The fourth-order valence-corrected chi connectivity index (χ4v) is 2.34. The molecule has 2 rings (SSSR count). The fraction of sp³-hybridized carbons (Fsp3) is 0.100. The predicted octanol–water partition coefficient (Wildman–Crippen LogP) is 3.88. The van der Waals surface area contributed by atoms with Crippen molar-refractivity contribution >= 4 is 27.3 Å². The summed E-state index contributed by atoms with van der Waals surface area (Å²) in [6, 6.07) is 8.40. The average molecular weight is 254 g/mol. The molecule has 0 radical (unpaired) electrons. The lowest BCUT2D eigenvalue weighted by atomic mass is 10.2. The van der Waals surface area contributed by atoms with E-state index in [2.05, 4.69) is 52.1 Å². The van der Waals surface area contributed by atoms with Crippen LogP contribution in [0.4, 0.5) is 0 Å². The van der Waals surface area contributed by atoms with Gasteiger partial charge in [-0.15, -0.1) is 11.3 Å². The second-order valence-electron chi connectivity index (χ2n) is 2.84. The molecule has 0 fully saturated rings. The number of aryl methyl sites for hydroxylation is 1. The van der Waals surface area contributed by atoms with E-state index in [4.69, 9.17) is 0 Å². The van der Waals surface area contributed by atoms with Gasteiger partial charge in [-0.1, -0.05) is 29.8 Å². The number of halogens is 1. The highest BCUT2D eigenvalue weighted by Crippen LogP contribution is 2.25. The van der Waals surface area contributed by atoms with Crippen LogP contribution >= 0.6 is 27.3 Å². The Kier molecular flexibility index (Phi) is 2.47. The summed E-state index contributed by atoms with van der Waals surface area (Å²) >= 11 is 4.99. The van der Waals surface area contributed by atoms with Gasteiger partial charge < -0.3 is 0 Å². The molecule has 0 aliphatic rings.